The highest BCUT2D eigenvalue weighted by atomic mass is 16.4. The van der Waals surface area contributed by atoms with E-state index < -0.39 is 5.97 Å². The number of hydrogen-bond donors (Lipinski definition) is 3. The predicted octanol–water partition coefficient (Wildman–Crippen LogP) is 2.12. The summed E-state index contributed by atoms with van der Waals surface area (Å²) in [7, 11) is 0. The van der Waals surface area contributed by atoms with Crippen molar-refractivity contribution < 1.29 is 14.7 Å². The minimum absolute atomic E-state index is 0.0168. The van der Waals surface area contributed by atoms with Gasteiger partial charge in [-0.05, 0) is 44.9 Å². The van der Waals surface area contributed by atoms with E-state index in [0.29, 0.717) is 24.8 Å². The van der Waals surface area contributed by atoms with E-state index in [1.54, 1.807) is 0 Å². The Kier molecular flexibility index (Phi) is 5.95. The maximum atomic E-state index is 11.7. The van der Waals surface area contributed by atoms with Crippen LogP contribution in [0.5, 0.6) is 0 Å². The van der Waals surface area contributed by atoms with Gasteiger partial charge < -0.3 is 15.7 Å². The molecule has 1 aliphatic rings. The first-order chi connectivity index (χ1) is 8.47. The molecule has 0 saturated heterocycles. The summed E-state index contributed by atoms with van der Waals surface area (Å²) >= 11 is 0. The van der Waals surface area contributed by atoms with Gasteiger partial charge in [0.2, 0.25) is 0 Å². The van der Waals surface area contributed by atoms with Crippen LogP contribution in [0, 0.1) is 5.92 Å². The van der Waals surface area contributed by atoms with Gasteiger partial charge in [-0.15, -0.1) is 0 Å². The average Bonchev–Trinajstić information content (AvgIpc) is 2.62. The number of nitrogens with one attached hydrogen (secondary N) is 2. The van der Waals surface area contributed by atoms with E-state index in [1.807, 2.05) is 6.92 Å². The summed E-state index contributed by atoms with van der Waals surface area (Å²) in [6, 6.07) is 0.186. The summed E-state index contributed by atoms with van der Waals surface area (Å²) in [5.41, 5.74) is 0. The fourth-order valence-corrected chi connectivity index (χ4v) is 2.42. The van der Waals surface area contributed by atoms with Crippen LogP contribution in [0.3, 0.4) is 0 Å². The lowest BCUT2D eigenvalue weighted by molar-refractivity contribution is -0.137. The fraction of sp³-hybridized carbons (Fsp3) is 0.846. The van der Waals surface area contributed by atoms with E-state index in [4.69, 9.17) is 5.11 Å². The Hall–Kier alpha value is -1.26. The Morgan fingerprint density at radius 2 is 2.11 bits per heavy atom. The maximum Gasteiger partial charge on any atom is 0.315 e. The molecular formula is C13H24N2O3. The normalized spacial score (nSPS) is 24.6. The second kappa shape index (κ2) is 7.24. The Bertz CT molecular complexity index is 294. The fourth-order valence-electron chi connectivity index (χ4n) is 2.42. The summed E-state index contributed by atoms with van der Waals surface area (Å²) in [5, 5.41) is 14.3. The molecule has 0 aliphatic heterocycles. The number of amides is 2. The molecule has 1 fully saturated rings. The van der Waals surface area contributed by atoms with Gasteiger partial charge in [-0.1, -0.05) is 6.92 Å². The molecule has 1 saturated carbocycles. The van der Waals surface area contributed by atoms with Crippen LogP contribution in [0.1, 0.15) is 52.4 Å². The standard InChI is InChI=1S/C13H24N2O3/c1-9-6-7-11(8-9)15-13(18)14-10(2)4-3-5-12(16)17/h9-11H,3-8H2,1-2H3,(H,16,17)(H2,14,15,18). The van der Waals surface area contributed by atoms with Gasteiger partial charge in [-0.2, -0.15) is 0 Å². The van der Waals surface area contributed by atoms with E-state index in [-0.39, 0.29) is 18.5 Å². The van der Waals surface area contributed by atoms with E-state index in [2.05, 4.69) is 17.6 Å². The molecule has 5 nitrogen and oxygen atoms in total. The quantitative estimate of drug-likeness (QED) is 0.681. The smallest absolute Gasteiger partial charge is 0.315 e. The van der Waals surface area contributed by atoms with Crippen molar-refractivity contribution in [2.45, 2.75) is 64.5 Å². The van der Waals surface area contributed by atoms with Crippen LogP contribution in [0.25, 0.3) is 0 Å². The third-order valence-corrected chi connectivity index (χ3v) is 3.44. The van der Waals surface area contributed by atoms with Gasteiger partial charge in [0.1, 0.15) is 0 Å². The first-order valence-corrected chi connectivity index (χ1v) is 6.76. The Balaban J connectivity index is 2.13. The third kappa shape index (κ3) is 5.89. The zero-order valence-corrected chi connectivity index (χ0v) is 11.2. The molecular weight excluding hydrogens is 232 g/mol. The van der Waals surface area contributed by atoms with Crippen LogP contribution in [0.15, 0.2) is 0 Å². The van der Waals surface area contributed by atoms with Gasteiger partial charge in [0.05, 0.1) is 0 Å². The van der Waals surface area contributed by atoms with E-state index >= 15 is 0 Å². The number of rotatable bonds is 6. The highest BCUT2D eigenvalue weighted by Gasteiger charge is 2.22. The molecule has 3 unspecified atom stereocenters. The van der Waals surface area contributed by atoms with Gasteiger partial charge in [0.25, 0.3) is 0 Å². The third-order valence-electron chi connectivity index (χ3n) is 3.44. The van der Waals surface area contributed by atoms with Crippen molar-refractivity contribution in [2.75, 3.05) is 0 Å². The van der Waals surface area contributed by atoms with E-state index in [1.165, 1.54) is 6.42 Å². The van der Waals surface area contributed by atoms with Crippen LogP contribution in [0.2, 0.25) is 0 Å². The molecule has 0 heterocycles. The molecule has 104 valence electrons. The van der Waals surface area contributed by atoms with Crippen molar-refractivity contribution >= 4 is 12.0 Å². The highest BCUT2D eigenvalue weighted by molar-refractivity contribution is 5.74. The van der Waals surface area contributed by atoms with E-state index in [9.17, 15) is 9.59 Å². The van der Waals surface area contributed by atoms with Gasteiger partial charge in [-0.3, -0.25) is 4.79 Å². The first kappa shape index (κ1) is 14.8. The number of urea groups is 1. The lowest BCUT2D eigenvalue weighted by atomic mass is 10.1. The molecule has 2 amide bonds. The Labute approximate surface area is 108 Å². The molecule has 0 aromatic heterocycles. The van der Waals surface area contributed by atoms with Crippen molar-refractivity contribution in [2.24, 2.45) is 5.92 Å². The minimum Gasteiger partial charge on any atom is -0.481 e. The molecule has 0 aromatic rings. The topological polar surface area (TPSA) is 78.4 Å². The van der Waals surface area contributed by atoms with Crippen LogP contribution >= 0.6 is 0 Å². The molecule has 1 aliphatic carbocycles. The largest absolute Gasteiger partial charge is 0.481 e. The maximum absolute atomic E-state index is 11.7. The lowest BCUT2D eigenvalue weighted by Crippen LogP contribution is -2.44. The Morgan fingerprint density at radius 1 is 1.39 bits per heavy atom. The molecule has 5 heteroatoms. The number of carboxylic acids is 1. The van der Waals surface area contributed by atoms with Gasteiger partial charge >= 0.3 is 12.0 Å². The predicted molar refractivity (Wildman–Crippen MR) is 69.4 cm³/mol. The minimum atomic E-state index is -0.786. The van der Waals surface area contributed by atoms with Crippen molar-refractivity contribution in [1.82, 2.24) is 10.6 Å². The van der Waals surface area contributed by atoms with Gasteiger partial charge in [0.15, 0.2) is 0 Å². The Morgan fingerprint density at radius 3 is 2.67 bits per heavy atom. The first-order valence-electron chi connectivity index (χ1n) is 6.76. The second-order valence-electron chi connectivity index (χ2n) is 5.42. The van der Waals surface area contributed by atoms with Gasteiger partial charge in [-0.25, -0.2) is 4.79 Å². The molecule has 3 atom stereocenters. The second-order valence-corrected chi connectivity index (χ2v) is 5.42. The average molecular weight is 256 g/mol. The summed E-state index contributed by atoms with van der Waals surface area (Å²) < 4.78 is 0. The zero-order chi connectivity index (χ0) is 13.5. The molecule has 0 spiro atoms. The summed E-state index contributed by atoms with van der Waals surface area (Å²) in [6.07, 6.45) is 4.74. The zero-order valence-electron chi connectivity index (χ0n) is 11.2. The van der Waals surface area contributed by atoms with Crippen LogP contribution in [0.4, 0.5) is 4.79 Å². The highest BCUT2D eigenvalue weighted by Crippen LogP contribution is 2.24. The van der Waals surface area contributed by atoms with Crippen LogP contribution in [-0.4, -0.2) is 29.2 Å². The summed E-state index contributed by atoms with van der Waals surface area (Å²) in [4.78, 5) is 22.0. The van der Waals surface area contributed by atoms with Crippen LogP contribution in [-0.2, 0) is 4.79 Å². The number of hydrogen-bond acceptors (Lipinski definition) is 2. The lowest BCUT2D eigenvalue weighted by Gasteiger charge is -2.17. The van der Waals surface area contributed by atoms with E-state index in [0.717, 1.165) is 12.8 Å². The van der Waals surface area contributed by atoms with Gasteiger partial charge in [0, 0.05) is 18.5 Å². The summed E-state index contributed by atoms with van der Waals surface area (Å²) in [6.45, 7) is 4.10. The van der Waals surface area contributed by atoms with Crippen molar-refractivity contribution in [3.8, 4) is 0 Å². The molecule has 1 rings (SSSR count). The SMILES string of the molecule is CC1CCC(NC(=O)NC(C)CCCC(=O)O)C1. The van der Waals surface area contributed by atoms with Crippen molar-refractivity contribution in [3.63, 3.8) is 0 Å². The number of carbonyl (C=O) groups excluding carboxylic acids is 1. The molecule has 0 radical (unpaired) electrons. The molecule has 18 heavy (non-hydrogen) atoms. The number of carbonyl (C=O) groups is 2. The number of carboxylic acid groups (broad SMARTS) is 1. The summed E-state index contributed by atoms with van der Waals surface area (Å²) in [5.74, 6) is -0.0881. The van der Waals surface area contributed by atoms with Crippen LogP contribution < -0.4 is 10.6 Å². The monoisotopic (exact) mass is 256 g/mol. The van der Waals surface area contributed by atoms with Crippen molar-refractivity contribution in [1.29, 1.82) is 0 Å². The number of aliphatic carboxylic acids is 1. The molecule has 3 N–H and O–H groups in total. The molecule has 0 bridgehead atoms. The molecule has 0 aromatic carbocycles. The van der Waals surface area contributed by atoms with Crippen molar-refractivity contribution in [3.05, 3.63) is 0 Å².